The van der Waals surface area contributed by atoms with Crippen molar-refractivity contribution in [3.63, 3.8) is 0 Å². The van der Waals surface area contributed by atoms with Gasteiger partial charge in [0.05, 0.1) is 0 Å². The summed E-state index contributed by atoms with van der Waals surface area (Å²) in [6, 6.07) is 7.99. The number of rotatable bonds is 4. The van der Waals surface area contributed by atoms with Crippen LogP contribution in [0, 0.1) is 5.92 Å². The van der Waals surface area contributed by atoms with Crippen LogP contribution in [0.25, 0.3) is 0 Å². The van der Waals surface area contributed by atoms with Gasteiger partial charge in [0.25, 0.3) is 5.91 Å². The van der Waals surface area contributed by atoms with E-state index in [-0.39, 0.29) is 18.3 Å². The maximum atomic E-state index is 12.6. The predicted molar refractivity (Wildman–Crippen MR) is 85.6 cm³/mol. The zero-order chi connectivity index (χ0) is 13.7. The number of hydrogen-bond acceptors (Lipinski definition) is 2. The van der Waals surface area contributed by atoms with Gasteiger partial charge in [-0.15, -0.1) is 12.4 Å². The van der Waals surface area contributed by atoms with Crippen molar-refractivity contribution >= 4 is 18.3 Å². The van der Waals surface area contributed by atoms with E-state index in [0.717, 1.165) is 43.6 Å². The number of nitrogens with zero attached hydrogens (tertiary/aromatic N) is 1. The normalized spacial score (nSPS) is 18.5. The summed E-state index contributed by atoms with van der Waals surface area (Å²) in [4.78, 5) is 14.7. The van der Waals surface area contributed by atoms with Crippen LogP contribution in [0.3, 0.4) is 0 Å². The number of amides is 1. The van der Waals surface area contributed by atoms with Crippen LogP contribution in [0.5, 0.6) is 0 Å². The Balaban J connectivity index is 0.00000200. The van der Waals surface area contributed by atoms with Gasteiger partial charge >= 0.3 is 0 Å². The summed E-state index contributed by atoms with van der Waals surface area (Å²) in [7, 11) is 1.98. The summed E-state index contributed by atoms with van der Waals surface area (Å²) < 4.78 is 0. The van der Waals surface area contributed by atoms with Crippen molar-refractivity contribution in [1.82, 2.24) is 10.2 Å². The molecule has 1 N–H and O–H groups in total. The van der Waals surface area contributed by atoms with Crippen molar-refractivity contribution in [1.29, 1.82) is 0 Å². The van der Waals surface area contributed by atoms with Crippen LogP contribution in [0.1, 0.15) is 35.7 Å². The molecule has 0 spiro atoms. The molecule has 1 aromatic carbocycles. The van der Waals surface area contributed by atoms with E-state index in [9.17, 15) is 4.79 Å². The number of aryl methyl sites for hydroxylation is 1. The van der Waals surface area contributed by atoms with Gasteiger partial charge in [0, 0.05) is 18.7 Å². The summed E-state index contributed by atoms with van der Waals surface area (Å²) in [6.45, 7) is 4.89. The maximum absolute atomic E-state index is 12.6. The zero-order valence-corrected chi connectivity index (χ0v) is 13.2. The van der Waals surface area contributed by atoms with Gasteiger partial charge in [-0.1, -0.05) is 25.1 Å². The molecule has 1 fully saturated rings. The van der Waals surface area contributed by atoms with Crippen molar-refractivity contribution in [3.05, 3.63) is 35.4 Å². The number of carbonyl (C=O) groups excluding carboxylic acids is 1. The zero-order valence-electron chi connectivity index (χ0n) is 12.4. The molecule has 2 rings (SSSR count). The molecule has 20 heavy (non-hydrogen) atoms. The fourth-order valence-corrected chi connectivity index (χ4v) is 2.91. The Labute approximate surface area is 128 Å². The van der Waals surface area contributed by atoms with Gasteiger partial charge in [0.1, 0.15) is 0 Å². The number of carbonyl (C=O) groups is 1. The van der Waals surface area contributed by atoms with Crippen molar-refractivity contribution < 1.29 is 4.79 Å². The van der Waals surface area contributed by atoms with Gasteiger partial charge < -0.3 is 10.2 Å². The summed E-state index contributed by atoms with van der Waals surface area (Å²) >= 11 is 0. The summed E-state index contributed by atoms with van der Waals surface area (Å²) in [5.41, 5.74) is 2.04. The van der Waals surface area contributed by atoms with E-state index in [1.807, 2.05) is 30.1 Å². The molecule has 1 unspecified atom stereocenters. The first kappa shape index (κ1) is 17.0. The number of piperidine rings is 1. The van der Waals surface area contributed by atoms with Gasteiger partial charge in [0.2, 0.25) is 0 Å². The highest BCUT2D eigenvalue weighted by molar-refractivity contribution is 5.95. The third-order valence-electron chi connectivity index (χ3n) is 3.93. The molecule has 0 saturated carbocycles. The van der Waals surface area contributed by atoms with Crippen LogP contribution in [0.4, 0.5) is 0 Å². The minimum absolute atomic E-state index is 0. The van der Waals surface area contributed by atoms with Gasteiger partial charge in [-0.2, -0.15) is 0 Å². The highest BCUT2D eigenvalue weighted by Gasteiger charge is 2.24. The molecule has 1 heterocycles. The fourth-order valence-electron chi connectivity index (χ4n) is 2.91. The minimum atomic E-state index is 0. The van der Waals surface area contributed by atoms with Crippen molar-refractivity contribution in [2.75, 3.05) is 26.7 Å². The van der Waals surface area contributed by atoms with Crippen LogP contribution in [0.15, 0.2) is 24.3 Å². The molecule has 3 nitrogen and oxygen atoms in total. The summed E-state index contributed by atoms with van der Waals surface area (Å²) in [5, 5.41) is 3.22. The van der Waals surface area contributed by atoms with Crippen LogP contribution in [-0.2, 0) is 6.42 Å². The van der Waals surface area contributed by atoms with Gasteiger partial charge in [-0.25, -0.2) is 0 Å². The van der Waals surface area contributed by atoms with E-state index in [0.29, 0.717) is 5.92 Å². The van der Waals surface area contributed by atoms with Crippen LogP contribution < -0.4 is 5.32 Å². The van der Waals surface area contributed by atoms with E-state index in [1.54, 1.807) is 0 Å². The van der Waals surface area contributed by atoms with E-state index in [2.05, 4.69) is 18.3 Å². The number of benzene rings is 1. The molecule has 112 valence electrons. The SMILES string of the molecule is CCc1ccccc1C(=O)N1CCCC(CNC)C1.Cl. The molecule has 1 aliphatic heterocycles. The lowest BCUT2D eigenvalue weighted by Gasteiger charge is -2.33. The first-order valence-corrected chi connectivity index (χ1v) is 7.28. The second kappa shape index (κ2) is 8.28. The van der Waals surface area contributed by atoms with Crippen LogP contribution >= 0.6 is 12.4 Å². The summed E-state index contributed by atoms with van der Waals surface area (Å²) in [6.07, 6.45) is 3.25. The van der Waals surface area contributed by atoms with Gasteiger partial charge in [-0.05, 0) is 50.4 Å². The molecule has 0 bridgehead atoms. The highest BCUT2D eigenvalue weighted by Crippen LogP contribution is 2.20. The molecule has 1 atom stereocenters. The number of likely N-dealkylation sites (tertiary alicyclic amines) is 1. The molecule has 4 heteroatoms. The first-order valence-electron chi connectivity index (χ1n) is 7.28. The highest BCUT2D eigenvalue weighted by atomic mass is 35.5. The average molecular weight is 297 g/mol. The molecular formula is C16H25ClN2O. The Morgan fingerprint density at radius 2 is 2.15 bits per heavy atom. The summed E-state index contributed by atoms with van der Waals surface area (Å²) in [5.74, 6) is 0.801. The largest absolute Gasteiger partial charge is 0.338 e. The number of halogens is 1. The molecule has 1 saturated heterocycles. The standard InChI is InChI=1S/C16H24N2O.ClH/c1-3-14-8-4-5-9-15(14)16(19)18-10-6-7-13(12-18)11-17-2;/h4-5,8-9,13,17H,3,6-7,10-12H2,1-2H3;1H. The number of hydrogen-bond donors (Lipinski definition) is 1. The molecule has 0 aliphatic carbocycles. The lowest BCUT2D eigenvalue weighted by molar-refractivity contribution is 0.0673. The van der Waals surface area contributed by atoms with Gasteiger partial charge in [0.15, 0.2) is 0 Å². The average Bonchev–Trinajstić information content (AvgIpc) is 2.47. The Morgan fingerprint density at radius 1 is 1.40 bits per heavy atom. The third kappa shape index (κ3) is 3.97. The molecule has 0 aromatic heterocycles. The predicted octanol–water partition coefficient (Wildman–Crippen LogP) is 2.74. The molecule has 0 radical (unpaired) electrons. The lowest BCUT2D eigenvalue weighted by atomic mass is 9.96. The Bertz CT molecular complexity index is 434. The van der Waals surface area contributed by atoms with Crippen molar-refractivity contribution in [3.8, 4) is 0 Å². The lowest BCUT2D eigenvalue weighted by Crippen LogP contribution is -2.42. The smallest absolute Gasteiger partial charge is 0.254 e. The van der Waals surface area contributed by atoms with Crippen LogP contribution in [0.2, 0.25) is 0 Å². The molecule has 1 amide bonds. The van der Waals surface area contributed by atoms with Gasteiger partial charge in [-0.3, -0.25) is 4.79 Å². The van der Waals surface area contributed by atoms with Crippen molar-refractivity contribution in [2.24, 2.45) is 5.92 Å². The van der Waals surface area contributed by atoms with Crippen molar-refractivity contribution in [2.45, 2.75) is 26.2 Å². The number of nitrogens with one attached hydrogen (secondary N) is 1. The third-order valence-corrected chi connectivity index (χ3v) is 3.93. The fraction of sp³-hybridized carbons (Fsp3) is 0.562. The Kier molecular flexibility index (Phi) is 7.03. The monoisotopic (exact) mass is 296 g/mol. The van der Waals surface area contributed by atoms with E-state index in [4.69, 9.17) is 0 Å². The second-order valence-electron chi connectivity index (χ2n) is 5.33. The van der Waals surface area contributed by atoms with E-state index >= 15 is 0 Å². The molecule has 1 aromatic rings. The molecular weight excluding hydrogens is 272 g/mol. The minimum Gasteiger partial charge on any atom is -0.338 e. The van der Waals surface area contributed by atoms with E-state index < -0.39 is 0 Å². The first-order chi connectivity index (χ1) is 9.26. The molecule has 1 aliphatic rings. The quantitative estimate of drug-likeness (QED) is 0.926. The Hall–Kier alpha value is -1.06. The van der Waals surface area contributed by atoms with Crippen LogP contribution in [-0.4, -0.2) is 37.5 Å². The van der Waals surface area contributed by atoms with E-state index in [1.165, 1.54) is 6.42 Å². The Morgan fingerprint density at radius 3 is 2.85 bits per heavy atom. The second-order valence-corrected chi connectivity index (χ2v) is 5.33. The topological polar surface area (TPSA) is 32.3 Å². The maximum Gasteiger partial charge on any atom is 0.254 e.